The third-order valence-electron chi connectivity index (χ3n) is 4.48. The Morgan fingerprint density at radius 1 is 1.40 bits per heavy atom. The standard InChI is InChI=1S/C16H17ClN4O3S/c1-8-9(17)5-4-6-10(8)18-13(23)11-7-12(22)20-15(25)19-14(24)16(2,3)21(11)20/h4-6,11H,7H2,1-3H3,(H,18,23)(H,19,24,25)/t11-/m1/s1. The Hall–Kier alpha value is -2.03. The summed E-state index contributed by atoms with van der Waals surface area (Å²) in [5.41, 5.74) is 0.190. The molecular weight excluding hydrogens is 364 g/mol. The normalized spacial score (nSPS) is 22.6. The number of carbonyl (C=O) groups is 3. The van der Waals surface area contributed by atoms with Crippen molar-refractivity contribution < 1.29 is 14.4 Å². The van der Waals surface area contributed by atoms with E-state index in [1.165, 1.54) is 10.0 Å². The molecule has 3 amide bonds. The van der Waals surface area contributed by atoms with Crippen LogP contribution < -0.4 is 10.6 Å². The number of carbonyl (C=O) groups excluding carboxylic acids is 3. The van der Waals surface area contributed by atoms with Gasteiger partial charge < -0.3 is 5.32 Å². The number of hydrazine groups is 1. The number of hydrogen-bond acceptors (Lipinski definition) is 5. The van der Waals surface area contributed by atoms with Gasteiger partial charge in [0.1, 0.15) is 11.6 Å². The van der Waals surface area contributed by atoms with E-state index in [1.54, 1.807) is 39.0 Å². The molecule has 2 fully saturated rings. The van der Waals surface area contributed by atoms with Crippen LogP contribution in [-0.2, 0) is 14.4 Å². The van der Waals surface area contributed by atoms with Gasteiger partial charge in [-0.05, 0) is 50.7 Å². The highest BCUT2D eigenvalue weighted by atomic mass is 35.5. The highest BCUT2D eigenvalue weighted by molar-refractivity contribution is 7.80. The molecule has 0 unspecified atom stereocenters. The fourth-order valence-corrected chi connectivity index (χ4v) is 3.48. The zero-order valence-corrected chi connectivity index (χ0v) is 15.5. The van der Waals surface area contributed by atoms with Crippen molar-refractivity contribution in [3.63, 3.8) is 0 Å². The Bertz CT molecular complexity index is 811. The summed E-state index contributed by atoms with van der Waals surface area (Å²) in [5, 5.41) is 8.47. The second-order valence-electron chi connectivity index (χ2n) is 6.49. The first kappa shape index (κ1) is 17.8. The lowest BCUT2D eigenvalue weighted by Crippen LogP contribution is -2.71. The lowest BCUT2D eigenvalue weighted by Gasteiger charge is -2.45. The molecule has 0 aromatic heterocycles. The fourth-order valence-electron chi connectivity index (χ4n) is 3.02. The number of nitrogens with zero attached hydrogens (tertiary/aromatic N) is 2. The molecule has 0 spiro atoms. The molecule has 25 heavy (non-hydrogen) atoms. The summed E-state index contributed by atoms with van der Waals surface area (Å²) in [6.07, 6.45) is -0.0655. The van der Waals surface area contributed by atoms with Crippen LogP contribution in [0.3, 0.4) is 0 Å². The van der Waals surface area contributed by atoms with Crippen LogP contribution in [-0.4, -0.2) is 44.4 Å². The van der Waals surface area contributed by atoms with Crippen molar-refractivity contribution in [3.05, 3.63) is 28.8 Å². The average molecular weight is 381 g/mol. The van der Waals surface area contributed by atoms with Crippen LogP contribution >= 0.6 is 23.8 Å². The van der Waals surface area contributed by atoms with Gasteiger partial charge in [0.05, 0.1) is 6.42 Å². The Balaban J connectivity index is 1.92. The summed E-state index contributed by atoms with van der Waals surface area (Å²) < 4.78 is 0. The monoisotopic (exact) mass is 380 g/mol. The summed E-state index contributed by atoms with van der Waals surface area (Å²) in [4.78, 5) is 37.4. The topological polar surface area (TPSA) is 81.8 Å². The summed E-state index contributed by atoms with van der Waals surface area (Å²) >= 11 is 11.2. The second-order valence-corrected chi connectivity index (χ2v) is 7.28. The molecule has 2 heterocycles. The Morgan fingerprint density at radius 2 is 2.08 bits per heavy atom. The number of hydrogen-bond donors (Lipinski definition) is 2. The van der Waals surface area contributed by atoms with Crippen LogP contribution in [0.4, 0.5) is 5.69 Å². The molecule has 0 bridgehead atoms. The molecule has 1 aromatic rings. The molecule has 9 heteroatoms. The van der Waals surface area contributed by atoms with Crippen molar-refractivity contribution in [1.82, 2.24) is 15.3 Å². The van der Waals surface area contributed by atoms with E-state index >= 15 is 0 Å². The summed E-state index contributed by atoms with van der Waals surface area (Å²) in [6, 6.07) is 4.34. The Kier molecular flexibility index (Phi) is 4.30. The fraction of sp³-hybridized carbons (Fsp3) is 0.375. The minimum atomic E-state index is -1.10. The van der Waals surface area contributed by atoms with Gasteiger partial charge in [-0.25, -0.2) is 5.01 Å². The first-order chi connectivity index (χ1) is 11.6. The van der Waals surface area contributed by atoms with Crippen molar-refractivity contribution in [2.45, 2.75) is 38.8 Å². The number of halogens is 1. The zero-order valence-electron chi connectivity index (χ0n) is 13.9. The van der Waals surface area contributed by atoms with Gasteiger partial charge in [-0.2, -0.15) is 5.01 Å². The van der Waals surface area contributed by atoms with Crippen LogP contribution in [0.15, 0.2) is 18.2 Å². The van der Waals surface area contributed by atoms with E-state index in [2.05, 4.69) is 10.6 Å². The zero-order chi connectivity index (χ0) is 18.5. The first-order valence-electron chi connectivity index (χ1n) is 7.68. The van der Waals surface area contributed by atoms with Gasteiger partial charge in [0, 0.05) is 10.7 Å². The van der Waals surface area contributed by atoms with Crippen LogP contribution in [0.1, 0.15) is 25.8 Å². The molecule has 7 nitrogen and oxygen atoms in total. The van der Waals surface area contributed by atoms with E-state index < -0.39 is 17.5 Å². The SMILES string of the molecule is Cc1c(Cl)cccc1NC(=O)[C@H]1CC(=O)N2C(=S)NC(=O)C(C)(C)N12. The third-order valence-corrected chi connectivity index (χ3v) is 5.17. The van der Waals surface area contributed by atoms with E-state index in [-0.39, 0.29) is 23.3 Å². The summed E-state index contributed by atoms with van der Waals surface area (Å²) in [6.45, 7) is 5.07. The van der Waals surface area contributed by atoms with Crippen molar-refractivity contribution in [2.75, 3.05) is 5.32 Å². The van der Waals surface area contributed by atoms with Crippen LogP contribution in [0.25, 0.3) is 0 Å². The maximum atomic E-state index is 12.8. The number of amides is 3. The van der Waals surface area contributed by atoms with E-state index in [1.807, 2.05) is 0 Å². The molecule has 0 saturated carbocycles. The Morgan fingerprint density at radius 3 is 2.76 bits per heavy atom. The number of fused-ring (bicyclic) bond motifs is 1. The lowest BCUT2D eigenvalue weighted by atomic mass is 10.00. The van der Waals surface area contributed by atoms with E-state index in [0.29, 0.717) is 10.7 Å². The van der Waals surface area contributed by atoms with Gasteiger partial charge in [0.15, 0.2) is 5.11 Å². The molecule has 2 N–H and O–H groups in total. The Labute approximate surface area is 155 Å². The maximum Gasteiger partial charge on any atom is 0.248 e. The van der Waals surface area contributed by atoms with Crippen LogP contribution in [0.5, 0.6) is 0 Å². The molecular formula is C16H17ClN4O3S. The van der Waals surface area contributed by atoms with Gasteiger partial charge in [0.2, 0.25) is 17.7 Å². The highest BCUT2D eigenvalue weighted by Gasteiger charge is 2.56. The molecule has 3 rings (SSSR count). The average Bonchev–Trinajstić information content (AvgIpc) is 2.89. The molecule has 0 radical (unpaired) electrons. The molecule has 0 aliphatic carbocycles. The molecule has 1 aromatic carbocycles. The largest absolute Gasteiger partial charge is 0.324 e. The van der Waals surface area contributed by atoms with Crippen molar-refractivity contribution in [3.8, 4) is 0 Å². The number of thiocarbonyl (C=S) groups is 1. The quantitative estimate of drug-likeness (QED) is 0.761. The van der Waals surface area contributed by atoms with Crippen molar-refractivity contribution >= 4 is 52.3 Å². The van der Waals surface area contributed by atoms with Gasteiger partial charge >= 0.3 is 0 Å². The number of anilines is 1. The first-order valence-corrected chi connectivity index (χ1v) is 8.47. The van der Waals surface area contributed by atoms with Gasteiger partial charge in [-0.3, -0.25) is 19.7 Å². The molecule has 2 aliphatic heterocycles. The lowest BCUT2D eigenvalue weighted by molar-refractivity contribution is -0.154. The molecule has 1 atom stereocenters. The minimum absolute atomic E-state index is 0.0106. The predicted molar refractivity (Wildman–Crippen MR) is 96.7 cm³/mol. The predicted octanol–water partition coefficient (Wildman–Crippen LogP) is 1.60. The number of rotatable bonds is 2. The maximum absolute atomic E-state index is 12.8. The smallest absolute Gasteiger partial charge is 0.248 e. The van der Waals surface area contributed by atoms with E-state index in [9.17, 15) is 14.4 Å². The van der Waals surface area contributed by atoms with Crippen LogP contribution in [0, 0.1) is 6.92 Å². The van der Waals surface area contributed by atoms with E-state index in [4.69, 9.17) is 23.8 Å². The summed E-state index contributed by atoms with van der Waals surface area (Å²) in [7, 11) is 0. The molecule has 2 aliphatic rings. The molecule has 2 saturated heterocycles. The minimum Gasteiger partial charge on any atom is -0.324 e. The van der Waals surface area contributed by atoms with Gasteiger partial charge in [-0.1, -0.05) is 17.7 Å². The van der Waals surface area contributed by atoms with Gasteiger partial charge in [-0.15, -0.1) is 0 Å². The van der Waals surface area contributed by atoms with Crippen molar-refractivity contribution in [1.29, 1.82) is 0 Å². The number of benzene rings is 1. The van der Waals surface area contributed by atoms with E-state index in [0.717, 1.165) is 5.56 Å². The third kappa shape index (κ3) is 2.80. The van der Waals surface area contributed by atoms with Gasteiger partial charge in [0.25, 0.3) is 0 Å². The highest BCUT2D eigenvalue weighted by Crippen LogP contribution is 2.33. The molecule has 132 valence electrons. The van der Waals surface area contributed by atoms with Crippen molar-refractivity contribution in [2.24, 2.45) is 0 Å². The second kappa shape index (κ2) is 6.05. The number of nitrogens with one attached hydrogen (secondary N) is 2. The van der Waals surface area contributed by atoms with Crippen LogP contribution in [0.2, 0.25) is 5.02 Å². The summed E-state index contributed by atoms with van der Waals surface area (Å²) in [5.74, 6) is -1.09.